The molecule has 0 aliphatic carbocycles. The molecule has 0 radical (unpaired) electrons. The van der Waals surface area contributed by atoms with E-state index in [0.717, 1.165) is 0 Å². The van der Waals surface area contributed by atoms with Gasteiger partial charge in [0.15, 0.2) is 9.84 Å². The molecule has 1 atom stereocenters. The van der Waals surface area contributed by atoms with E-state index in [4.69, 9.17) is 5.73 Å². The van der Waals surface area contributed by atoms with Gasteiger partial charge in [0.25, 0.3) is 0 Å². The molecule has 0 bridgehead atoms. The zero-order valence-electron chi connectivity index (χ0n) is 9.58. The molecule has 1 unspecified atom stereocenters. The van der Waals surface area contributed by atoms with Gasteiger partial charge in [0, 0.05) is 19.1 Å². The van der Waals surface area contributed by atoms with Gasteiger partial charge in [-0.15, -0.1) is 0 Å². The normalized spacial score (nSPS) is 31.7. The maximum Gasteiger partial charge on any atom is 0.218 e. The van der Waals surface area contributed by atoms with Gasteiger partial charge in [0.1, 0.15) is 0 Å². The zero-order valence-corrected chi connectivity index (χ0v) is 11.2. The lowest BCUT2D eigenvalue weighted by atomic mass is 10.1. The summed E-state index contributed by atoms with van der Waals surface area (Å²) in [5.74, 6) is -0.234. The van der Waals surface area contributed by atoms with Gasteiger partial charge in [-0.2, -0.15) is 0 Å². The highest BCUT2D eigenvalue weighted by Crippen LogP contribution is 2.24. The van der Waals surface area contributed by atoms with E-state index in [9.17, 15) is 16.8 Å². The van der Waals surface area contributed by atoms with Crippen LogP contribution in [0.3, 0.4) is 0 Å². The van der Waals surface area contributed by atoms with Crippen molar-refractivity contribution in [2.45, 2.75) is 30.6 Å². The van der Waals surface area contributed by atoms with Crippen LogP contribution in [0.25, 0.3) is 0 Å². The molecule has 0 aromatic heterocycles. The van der Waals surface area contributed by atoms with Crippen molar-refractivity contribution >= 4 is 19.9 Å². The Bertz CT molecular complexity index is 477. The highest BCUT2D eigenvalue weighted by atomic mass is 32.2. The second kappa shape index (κ2) is 4.49. The quantitative estimate of drug-likeness (QED) is 0.695. The molecule has 17 heavy (non-hydrogen) atoms. The first-order chi connectivity index (χ1) is 7.81. The van der Waals surface area contributed by atoms with Crippen molar-refractivity contribution in [1.82, 2.24) is 4.31 Å². The predicted octanol–water partition coefficient (Wildman–Crippen LogP) is -1.07. The molecule has 0 saturated carbocycles. The Morgan fingerprint density at radius 1 is 1.12 bits per heavy atom. The smallest absolute Gasteiger partial charge is 0.218 e. The number of nitrogens with two attached hydrogens (primary N) is 1. The average Bonchev–Trinajstić information content (AvgIpc) is 2.60. The minimum Gasteiger partial charge on any atom is -0.328 e. The first-order valence-electron chi connectivity index (χ1n) is 5.76. The molecule has 2 N–H and O–H groups in total. The van der Waals surface area contributed by atoms with Crippen molar-refractivity contribution in [2.75, 3.05) is 24.6 Å². The molecule has 2 saturated heterocycles. The Hall–Kier alpha value is -0.180. The second-order valence-electron chi connectivity index (χ2n) is 4.81. The van der Waals surface area contributed by atoms with Crippen molar-refractivity contribution in [3.63, 3.8) is 0 Å². The zero-order chi connectivity index (χ0) is 12.7. The van der Waals surface area contributed by atoms with Crippen molar-refractivity contribution in [2.24, 2.45) is 5.73 Å². The first kappa shape index (κ1) is 13.3. The highest BCUT2D eigenvalue weighted by molar-refractivity contribution is 7.95. The maximum atomic E-state index is 12.2. The topological polar surface area (TPSA) is 97.5 Å². The molecule has 2 aliphatic rings. The summed E-state index contributed by atoms with van der Waals surface area (Å²) < 4.78 is 48.4. The predicted molar refractivity (Wildman–Crippen MR) is 64.8 cm³/mol. The molecule has 0 spiro atoms. The molecular formula is C9H18N2O4S2. The molecule has 2 heterocycles. The van der Waals surface area contributed by atoms with E-state index in [1.165, 1.54) is 4.31 Å². The summed E-state index contributed by atoms with van der Waals surface area (Å²) in [5.41, 5.74) is 5.72. The Morgan fingerprint density at radius 2 is 1.71 bits per heavy atom. The van der Waals surface area contributed by atoms with Crippen LogP contribution >= 0.6 is 0 Å². The van der Waals surface area contributed by atoms with E-state index in [1.54, 1.807) is 0 Å². The van der Waals surface area contributed by atoms with Gasteiger partial charge in [-0.3, -0.25) is 0 Å². The van der Waals surface area contributed by atoms with Crippen molar-refractivity contribution in [3.05, 3.63) is 0 Å². The first-order valence-corrected chi connectivity index (χ1v) is 9.09. The van der Waals surface area contributed by atoms with Crippen LogP contribution in [0.2, 0.25) is 0 Å². The van der Waals surface area contributed by atoms with Gasteiger partial charge >= 0.3 is 0 Å². The molecular weight excluding hydrogens is 264 g/mol. The lowest BCUT2D eigenvalue weighted by Gasteiger charge is -2.31. The van der Waals surface area contributed by atoms with Crippen molar-refractivity contribution in [1.29, 1.82) is 0 Å². The summed E-state index contributed by atoms with van der Waals surface area (Å²) >= 11 is 0. The Balaban J connectivity index is 2.09. The van der Waals surface area contributed by atoms with Gasteiger partial charge < -0.3 is 5.73 Å². The second-order valence-corrected chi connectivity index (χ2v) is 9.25. The summed E-state index contributed by atoms with van der Waals surface area (Å²) in [6.07, 6.45) is 1.53. The molecule has 6 nitrogen and oxygen atoms in total. The third-order valence-corrected chi connectivity index (χ3v) is 7.78. The van der Waals surface area contributed by atoms with Crippen LogP contribution in [0.15, 0.2) is 0 Å². The number of nitrogens with zero attached hydrogens (tertiary/aromatic N) is 1. The fraction of sp³-hybridized carbons (Fsp3) is 1.00. The highest BCUT2D eigenvalue weighted by Gasteiger charge is 2.41. The molecule has 2 aliphatic heterocycles. The van der Waals surface area contributed by atoms with Crippen molar-refractivity contribution < 1.29 is 16.8 Å². The van der Waals surface area contributed by atoms with E-state index in [-0.39, 0.29) is 24.0 Å². The number of piperidine rings is 1. The molecule has 0 aromatic rings. The van der Waals surface area contributed by atoms with Crippen LogP contribution in [0.4, 0.5) is 0 Å². The van der Waals surface area contributed by atoms with E-state index in [1.807, 2.05) is 0 Å². The summed E-state index contributed by atoms with van der Waals surface area (Å²) in [7, 11) is -6.62. The van der Waals surface area contributed by atoms with Crippen LogP contribution in [-0.4, -0.2) is 57.0 Å². The number of rotatable bonds is 2. The number of hydrogen-bond acceptors (Lipinski definition) is 5. The van der Waals surface area contributed by atoms with Gasteiger partial charge in [-0.05, 0) is 19.3 Å². The fourth-order valence-electron chi connectivity index (χ4n) is 2.34. The molecule has 2 rings (SSSR count). The van der Waals surface area contributed by atoms with Gasteiger partial charge in [-0.1, -0.05) is 0 Å². The largest absolute Gasteiger partial charge is 0.328 e. The van der Waals surface area contributed by atoms with Crippen LogP contribution in [0, 0.1) is 0 Å². The van der Waals surface area contributed by atoms with Crippen molar-refractivity contribution in [3.8, 4) is 0 Å². The van der Waals surface area contributed by atoms with E-state index >= 15 is 0 Å². The summed E-state index contributed by atoms with van der Waals surface area (Å²) in [5, 5.41) is -0.748. The van der Waals surface area contributed by atoms with Gasteiger partial charge in [0.05, 0.1) is 16.8 Å². The average molecular weight is 282 g/mol. The maximum absolute atomic E-state index is 12.2. The number of sulfonamides is 1. The number of sulfone groups is 1. The molecule has 0 aromatic carbocycles. The van der Waals surface area contributed by atoms with Crippen LogP contribution in [0.5, 0.6) is 0 Å². The fourth-order valence-corrected chi connectivity index (χ4v) is 6.90. The van der Waals surface area contributed by atoms with Gasteiger partial charge in [0.2, 0.25) is 10.0 Å². The van der Waals surface area contributed by atoms with E-state index in [2.05, 4.69) is 0 Å². The Labute approximate surface area is 102 Å². The van der Waals surface area contributed by atoms with Crippen LogP contribution in [0.1, 0.15) is 19.3 Å². The molecule has 0 amide bonds. The lowest BCUT2D eigenvalue weighted by Crippen LogP contribution is -2.46. The molecule has 8 heteroatoms. The van der Waals surface area contributed by atoms with Gasteiger partial charge in [-0.25, -0.2) is 21.1 Å². The minimum absolute atomic E-state index is 0.00967. The van der Waals surface area contributed by atoms with Crippen LogP contribution < -0.4 is 5.73 Å². The molecule has 2 fully saturated rings. The summed E-state index contributed by atoms with van der Waals surface area (Å²) in [6.45, 7) is 0.833. The third-order valence-electron chi connectivity index (χ3n) is 3.47. The number of hydrogen-bond donors (Lipinski definition) is 1. The Morgan fingerprint density at radius 3 is 2.18 bits per heavy atom. The van der Waals surface area contributed by atoms with E-state index in [0.29, 0.717) is 25.9 Å². The minimum atomic E-state index is -3.46. The van der Waals surface area contributed by atoms with Crippen LogP contribution in [-0.2, 0) is 19.9 Å². The lowest BCUT2D eigenvalue weighted by molar-refractivity contribution is 0.317. The summed E-state index contributed by atoms with van der Waals surface area (Å²) in [4.78, 5) is 0. The SMILES string of the molecule is NC1CCN(S(=O)(=O)C2CCS(=O)(=O)C2)CC1. The van der Waals surface area contributed by atoms with E-state index < -0.39 is 25.1 Å². The molecule has 100 valence electrons. The third kappa shape index (κ3) is 2.81. The standard InChI is InChI=1S/C9H18N2O4S2/c10-8-1-4-11(5-2-8)17(14,15)9-3-6-16(12,13)7-9/h8-9H,1-7,10H2. The summed E-state index contributed by atoms with van der Waals surface area (Å²) in [6, 6.07) is 0.0637. The monoisotopic (exact) mass is 282 g/mol. The Kier molecular flexibility index (Phi) is 3.50.